The summed E-state index contributed by atoms with van der Waals surface area (Å²) >= 11 is 0. The first-order valence-corrected chi connectivity index (χ1v) is 32.5. The molecule has 0 N–H and O–H groups in total. The Balaban J connectivity index is 1.04. The predicted octanol–water partition coefficient (Wildman–Crippen LogP) is 18.8. The van der Waals surface area contributed by atoms with Gasteiger partial charge in [-0.1, -0.05) is 207 Å². The molecule has 0 fully saturated rings. The molecule has 0 unspecified atom stereocenters. The van der Waals surface area contributed by atoms with Crippen LogP contribution in [-0.4, -0.2) is 18.0 Å². The standard InChI is InChI=1S/C83H75B2N3O2/c1-47(2)56-38-61(48(3)4)82(62(39-56)49(5)6)88-71-46-75-68(45-67(71)85-66-29-21-23-31-74(66)89-76-41-57(40-72(88)78(76)85)54-24-16-14-17-25-54)84-65-33-32-59(86-80-52(9)34-50(7)36-63(80)64-37-51(8)35-53(10)81(64)86)44-70(65)87(69-30-22-20-28-60(69)55-26-18-15-19-27-55)73-42-58(83(11,12)13)43-77(90-75)79(73)84/h14-49H,1-13H3/i45D. The maximum Gasteiger partial charge on any atom is 0.256 e. The Morgan fingerprint density at radius 2 is 0.989 bits per heavy atom. The maximum absolute atomic E-state index is 11.6. The summed E-state index contributed by atoms with van der Waals surface area (Å²) in [6, 6.07) is 72.7. The van der Waals surface area contributed by atoms with Crippen LogP contribution >= 0.6 is 0 Å². The van der Waals surface area contributed by atoms with Crippen LogP contribution in [0.1, 0.15) is 126 Å². The molecular formula is C83H75B2N3O2. The number of anilines is 6. The summed E-state index contributed by atoms with van der Waals surface area (Å²) < 4.78 is 29.1. The fourth-order valence-corrected chi connectivity index (χ4v) is 15.7. The lowest BCUT2D eigenvalue weighted by atomic mass is 9.31. The van der Waals surface area contributed by atoms with Crippen molar-refractivity contribution in [2.24, 2.45) is 0 Å². The SMILES string of the molecule is [2H]c1c2c(cc3c1B1c4ccccc4Oc4cc(-c5ccccc5)cc(c41)N3c1c(C(C)C)cc(C(C)C)cc1C(C)C)Oc1cc(C(C)(C)C)cc3c1B2c1ccc(-n2c4c(C)cc(C)cc4c4cc(C)cc(C)c42)cc1N3c1ccccc1-c1ccccc1. The van der Waals surface area contributed by atoms with E-state index in [1.165, 1.54) is 60.8 Å². The number of rotatable bonds is 8. The summed E-state index contributed by atoms with van der Waals surface area (Å²) in [6.45, 7) is 29.1. The molecule has 4 aliphatic rings. The molecule has 16 rings (SSSR count). The van der Waals surface area contributed by atoms with Crippen LogP contribution in [0.2, 0.25) is 0 Å². The third-order valence-electron chi connectivity index (χ3n) is 19.8. The van der Waals surface area contributed by atoms with Crippen LogP contribution in [-0.2, 0) is 5.41 Å². The van der Waals surface area contributed by atoms with Crippen molar-refractivity contribution in [3.05, 3.63) is 245 Å². The van der Waals surface area contributed by atoms with E-state index in [9.17, 15) is 1.37 Å². The number of hydrogen-bond donors (Lipinski definition) is 0. The zero-order chi connectivity index (χ0) is 62.8. The molecule has 11 aromatic carbocycles. The molecule has 0 radical (unpaired) electrons. The number of nitrogens with zero attached hydrogens (tertiary/aromatic N) is 3. The number of benzene rings is 11. The Hall–Kier alpha value is -9.45. The minimum absolute atomic E-state index is 0.171. The lowest BCUT2D eigenvalue weighted by molar-refractivity contribution is 0.483. The van der Waals surface area contributed by atoms with Gasteiger partial charge in [0.05, 0.1) is 23.8 Å². The molecule has 440 valence electrons. The van der Waals surface area contributed by atoms with Crippen molar-refractivity contribution in [3.63, 3.8) is 0 Å². The predicted molar refractivity (Wildman–Crippen MR) is 383 cm³/mol. The van der Waals surface area contributed by atoms with Crippen molar-refractivity contribution in [1.29, 1.82) is 0 Å². The van der Waals surface area contributed by atoms with Crippen LogP contribution in [0, 0.1) is 27.7 Å². The molecule has 7 heteroatoms. The summed E-state index contributed by atoms with van der Waals surface area (Å²) in [5, 5.41) is 2.52. The third kappa shape index (κ3) is 8.51. The van der Waals surface area contributed by atoms with E-state index in [2.05, 4.69) is 298 Å². The summed E-state index contributed by atoms with van der Waals surface area (Å²) in [5.41, 5.74) is 30.2. The van der Waals surface area contributed by atoms with Crippen LogP contribution in [0.25, 0.3) is 49.7 Å². The third-order valence-corrected chi connectivity index (χ3v) is 19.8. The largest absolute Gasteiger partial charge is 0.458 e. The zero-order valence-corrected chi connectivity index (χ0v) is 54.0. The lowest BCUT2D eigenvalue weighted by Gasteiger charge is -2.44. The Morgan fingerprint density at radius 3 is 1.63 bits per heavy atom. The molecule has 0 amide bonds. The first kappa shape index (κ1) is 54.7. The summed E-state index contributed by atoms with van der Waals surface area (Å²) in [4.78, 5) is 5.08. The Kier molecular flexibility index (Phi) is 12.5. The Labute approximate surface area is 533 Å². The molecule has 5 heterocycles. The van der Waals surface area contributed by atoms with Crippen LogP contribution in [0.3, 0.4) is 0 Å². The molecule has 0 saturated heterocycles. The molecule has 0 aliphatic carbocycles. The monoisotopic (exact) mass is 1170 g/mol. The molecule has 0 spiro atoms. The van der Waals surface area contributed by atoms with Gasteiger partial charge >= 0.3 is 0 Å². The van der Waals surface area contributed by atoms with Crippen molar-refractivity contribution < 1.29 is 10.8 Å². The Morgan fingerprint density at radius 1 is 0.422 bits per heavy atom. The fourth-order valence-electron chi connectivity index (χ4n) is 15.7. The topological polar surface area (TPSA) is 29.9 Å². The van der Waals surface area contributed by atoms with Gasteiger partial charge < -0.3 is 23.8 Å². The molecule has 90 heavy (non-hydrogen) atoms. The first-order chi connectivity index (χ1) is 43.8. The number of hydrogen-bond acceptors (Lipinski definition) is 4. The highest BCUT2D eigenvalue weighted by molar-refractivity contribution is 7.02. The first-order valence-electron chi connectivity index (χ1n) is 33.0. The van der Waals surface area contributed by atoms with Crippen LogP contribution in [0.4, 0.5) is 34.1 Å². The average Bonchev–Trinajstić information content (AvgIpc) is 1.16. The van der Waals surface area contributed by atoms with Gasteiger partial charge in [-0.25, -0.2) is 0 Å². The van der Waals surface area contributed by atoms with Crippen molar-refractivity contribution >= 4 is 102 Å². The van der Waals surface area contributed by atoms with Gasteiger partial charge in [0.15, 0.2) is 0 Å². The van der Waals surface area contributed by atoms with E-state index >= 15 is 0 Å². The lowest BCUT2D eigenvalue weighted by Crippen LogP contribution is -2.63. The number of ether oxygens (including phenoxy) is 2. The van der Waals surface area contributed by atoms with Crippen LogP contribution in [0.5, 0.6) is 23.0 Å². The van der Waals surface area contributed by atoms with E-state index in [4.69, 9.17) is 9.47 Å². The summed E-state index contributed by atoms with van der Waals surface area (Å²) in [5.74, 6) is 3.81. The van der Waals surface area contributed by atoms with E-state index < -0.39 is 6.71 Å². The van der Waals surface area contributed by atoms with Gasteiger partial charge in [-0.05, 0) is 194 Å². The van der Waals surface area contributed by atoms with Gasteiger partial charge in [0.25, 0.3) is 13.4 Å². The second kappa shape index (κ2) is 20.5. The maximum atomic E-state index is 11.6. The zero-order valence-electron chi connectivity index (χ0n) is 55.0. The van der Waals surface area contributed by atoms with Crippen molar-refractivity contribution in [2.45, 2.75) is 113 Å². The van der Waals surface area contributed by atoms with Gasteiger partial charge in [-0.15, -0.1) is 0 Å². The molecular weight excluding hydrogens is 1090 g/mol. The molecule has 4 aliphatic heterocycles. The van der Waals surface area contributed by atoms with Gasteiger partial charge in [0.1, 0.15) is 23.0 Å². The van der Waals surface area contributed by atoms with E-state index in [0.717, 1.165) is 118 Å². The molecule has 0 atom stereocenters. The van der Waals surface area contributed by atoms with E-state index in [1.807, 2.05) is 0 Å². The highest BCUT2D eigenvalue weighted by atomic mass is 16.5. The van der Waals surface area contributed by atoms with Crippen molar-refractivity contribution in [2.75, 3.05) is 9.80 Å². The van der Waals surface area contributed by atoms with Gasteiger partial charge in [-0.2, -0.15) is 0 Å². The second-order valence-electron chi connectivity index (χ2n) is 28.0. The molecule has 0 bridgehead atoms. The minimum atomic E-state index is -0.399. The molecule has 1 aromatic heterocycles. The number of aromatic nitrogens is 1. The highest BCUT2D eigenvalue weighted by Crippen LogP contribution is 2.52. The second-order valence-corrected chi connectivity index (χ2v) is 28.0. The average molecular weight is 1170 g/mol. The molecule has 5 nitrogen and oxygen atoms in total. The number of para-hydroxylation sites is 2. The van der Waals surface area contributed by atoms with Crippen molar-refractivity contribution in [1.82, 2.24) is 4.57 Å². The Bertz CT molecular complexity index is 4960. The molecule has 12 aromatic rings. The van der Waals surface area contributed by atoms with E-state index in [-0.39, 0.29) is 24.0 Å². The van der Waals surface area contributed by atoms with Crippen LogP contribution < -0.4 is 52.1 Å². The van der Waals surface area contributed by atoms with E-state index in [1.54, 1.807) is 0 Å². The normalized spacial score (nSPS) is 13.7. The van der Waals surface area contributed by atoms with Crippen LogP contribution in [0.15, 0.2) is 200 Å². The quantitative estimate of drug-likeness (QED) is 0.142. The van der Waals surface area contributed by atoms with Gasteiger partial charge in [0, 0.05) is 50.8 Å². The van der Waals surface area contributed by atoms with Gasteiger partial charge in [-0.3, -0.25) is 0 Å². The summed E-state index contributed by atoms with van der Waals surface area (Å²) in [6.07, 6.45) is 0. The fraction of sp³-hybridized carbons (Fsp3) is 0.205. The summed E-state index contributed by atoms with van der Waals surface area (Å²) in [7, 11) is 0. The smallest absolute Gasteiger partial charge is 0.256 e. The highest BCUT2D eigenvalue weighted by Gasteiger charge is 2.48. The van der Waals surface area contributed by atoms with E-state index in [0.29, 0.717) is 17.7 Å². The van der Waals surface area contributed by atoms with Gasteiger partial charge in [0.2, 0.25) is 0 Å². The minimum Gasteiger partial charge on any atom is -0.458 e. The molecule has 0 saturated carbocycles. The van der Waals surface area contributed by atoms with Crippen molar-refractivity contribution in [3.8, 4) is 50.9 Å². The number of fused-ring (bicyclic) bond motifs is 11. The number of aryl methyl sites for hydroxylation is 4.